The Balaban J connectivity index is 1.78. The molecule has 1 aliphatic heterocycles. The second-order valence-corrected chi connectivity index (χ2v) is 8.98. The minimum Gasteiger partial charge on any atom is -0.497 e. The summed E-state index contributed by atoms with van der Waals surface area (Å²) in [5.74, 6) is 0.829. The first-order chi connectivity index (χ1) is 12.4. The van der Waals surface area contributed by atoms with Crippen LogP contribution in [-0.2, 0) is 22.8 Å². The minimum absolute atomic E-state index is 0.305. The largest absolute Gasteiger partial charge is 0.497 e. The summed E-state index contributed by atoms with van der Waals surface area (Å²) in [4.78, 5) is 0.430. The summed E-state index contributed by atoms with van der Waals surface area (Å²) in [6.07, 6.45) is 2.12. The number of aromatic nitrogens is 2. The maximum absolute atomic E-state index is 13.1. The lowest BCUT2D eigenvalue weighted by molar-refractivity contribution is 0.414. The highest BCUT2D eigenvalue weighted by Gasteiger charge is 2.33. The number of hydrogen-bond donors (Lipinski definition) is 1. The standard InChI is InChI=1S/C19H27N3O3S/c1-14-19(26(23,24)18-8-11-20-12-9-18)15(2)22(21-14)13-10-16-4-6-17(25-3)7-5-16/h4-7,18,20H,8-13H2,1-3H3. The van der Waals surface area contributed by atoms with E-state index in [-0.39, 0.29) is 5.25 Å². The average Bonchev–Trinajstić information content (AvgIpc) is 2.95. The summed E-state index contributed by atoms with van der Waals surface area (Å²) in [5.41, 5.74) is 2.52. The van der Waals surface area contributed by atoms with E-state index < -0.39 is 9.84 Å². The maximum atomic E-state index is 13.1. The first kappa shape index (κ1) is 18.9. The molecule has 1 aliphatic rings. The van der Waals surface area contributed by atoms with E-state index in [4.69, 9.17) is 4.74 Å². The maximum Gasteiger partial charge on any atom is 0.184 e. The van der Waals surface area contributed by atoms with Crippen molar-refractivity contribution in [3.05, 3.63) is 41.2 Å². The van der Waals surface area contributed by atoms with Crippen LogP contribution in [0.4, 0.5) is 0 Å². The average molecular weight is 378 g/mol. The molecule has 6 nitrogen and oxygen atoms in total. The van der Waals surface area contributed by atoms with E-state index in [2.05, 4.69) is 10.4 Å². The molecule has 142 valence electrons. The van der Waals surface area contributed by atoms with Crippen LogP contribution in [0.3, 0.4) is 0 Å². The van der Waals surface area contributed by atoms with Gasteiger partial charge in [-0.2, -0.15) is 5.10 Å². The lowest BCUT2D eigenvalue weighted by Crippen LogP contribution is -2.36. The third kappa shape index (κ3) is 3.78. The van der Waals surface area contributed by atoms with Crippen LogP contribution in [0.25, 0.3) is 0 Å². The fourth-order valence-electron chi connectivity index (χ4n) is 3.61. The summed E-state index contributed by atoms with van der Waals surface area (Å²) in [6.45, 7) is 5.83. The summed E-state index contributed by atoms with van der Waals surface area (Å²) in [7, 11) is -1.69. The van der Waals surface area contributed by atoms with Gasteiger partial charge in [-0.1, -0.05) is 12.1 Å². The number of sulfone groups is 1. The number of ether oxygens (including phenoxy) is 1. The fraction of sp³-hybridized carbons (Fsp3) is 0.526. The molecule has 1 fully saturated rings. The molecule has 1 aromatic carbocycles. The van der Waals surface area contributed by atoms with Crippen molar-refractivity contribution >= 4 is 9.84 Å². The van der Waals surface area contributed by atoms with Crippen LogP contribution < -0.4 is 10.1 Å². The van der Waals surface area contributed by atoms with Gasteiger partial charge >= 0.3 is 0 Å². The number of hydrogen-bond acceptors (Lipinski definition) is 5. The Labute approximate surface area is 155 Å². The zero-order valence-corrected chi connectivity index (χ0v) is 16.5. The van der Waals surface area contributed by atoms with Crippen molar-refractivity contribution in [2.45, 2.75) is 49.8 Å². The van der Waals surface area contributed by atoms with Gasteiger partial charge in [0.25, 0.3) is 0 Å². The number of aryl methyl sites for hydroxylation is 3. The number of benzene rings is 1. The van der Waals surface area contributed by atoms with Gasteiger partial charge in [0, 0.05) is 6.54 Å². The number of rotatable bonds is 6. The van der Waals surface area contributed by atoms with E-state index in [1.54, 1.807) is 14.0 Å². The first-order valence-corrected chi connectivity index (χ1v) is 10.6. The topological polar surface area (TPSA) is 73.2 Å². The molecule has 7 heteroatoms. The van der Waals surface area contributed by atoms with E-state index in [9.17, 15) is 8.42 Å². The summed E-state index contributed by atoms with van der Waals surface area (Å²) in [5, 5.41) is 7.44. The second kappa shape index (κ2) is 7.80. The van der Waals surface area contributed by atoms with E-state index in [1.807, 2.05) is 35.9 Å². The molecule has 0 spiro atoms. The van der Waals surface area contributed by atoms with Crippen LogP contribution >= 0.6 is 0 Å². The molecule has 1 saturated heterocycles. The lowest BCUT2D eigenvalue weighted by Gasteiger charge is -2.22. The number of methoxy groups -OCH3 is 1. The molecule has 0 atom stereocenters. The Morgan fingerprint density at radius 3 is 2.46 bits per heavy atom. The second-order valence-electron chi connectivity index (χ2n) is 6.82. The summed E-state index contributed by atoms with van der Waals surface area (Å²) in [6, 6.07) is 7.92. The first-order valence-electron chi connectivity index (χ1n) is 9.05. The monoisotopic (exact) mass is 377 g/mol. The Bertz CT molecular complexity index is 851. The van der Waals surface area contributed by atoms with Crippen LogP contribution in [0, 0.1) is 13.8 Å². The normalized spacial score (nSPS) is 16.0. The molecule has 26 heavy (non-hydrogen) atoms. The molecule has 0 bridgehead atoms. The number of piperidine rings is 1. The van der Waals surface area contributed by atoms with E-state index in [0.717, 1.165) is 31.0 Å². The van der Waals surface area contributed by atoms with Crippen molar-refractivity contribution in [1.29, 1.82) is 0 Å². The molecule has 1 N–H and O–H groups in total. The van der Waals surface area contributed by atoms with Crippen molar-refractivity contribution < 1.29 is 13.2 Å². The van der Waals surface area contributed by atoms with Crippen molar-refractivity contribution in [2.75, 3.05) is 20.2 Å². The Hall–Kier alpha value is -1.86. The zero-order chi connectivity index (χ0) is 18.7. The smallest absolute Gasteiger partial charge is 0.184 e. The van der Waals surface area contributed by atoms with Crippen molar-refractivity contribution in [1.82, 2.24) is 15.1 Å². The van der Waals surface area contributed by atoms with Gasteiger partial charge in [0.15, 0.2) is 9.84 Å². The van der Waals surface area contributed by atoms with Crippen molar-refractivity contribution in [3.8, 4) is 5.75 Å². The van der Waals surface area contributed by atoms with Gasteiger partial charge in [-0.3, -0.25) is 4.68 Å². The van der Waals surface area contributed by atoms with Crippen LogP contribution in [0.5, 0.6) is 5.75 Å². The molecule has 3 rings (SSSR count). The zero-order valence-electron chi connectivity index (χ0n) is 15.7. The molecular formula is C19H27N3O3S. The molecule has 2 heterocycles. The molecule has 0 aliphatic carbocycles. The highest BCUT2D eigenvalue weighted by atomic mass is 32.2. The molecule has 0 radical (unpaired) electrons. The minimum atomic E-state index is -3.33. The van der Waals surface area contributed by atoms with Crippen LogP contribution in [-0.4, -0.2) is 43.6 Å². The van der Waals surface area contributed by atoms with Gasteiger partial charge in [-0.25, -0.2) is 8.42 Å². The number of nitrogens with one attached hydrogen (secondary N) is 1. The predicted octanol–water partition coefficient (Wildman–Crippen LogP) is 2.28. The summed E-state index contributed by atoms with van der Waals surface area (Å²) < 4.78 is 33.2. The van der Waals surface area contributed by atoms with Gasteiger partial charge in [0.05, 0.1) is 23.7 Å². The summed E-state index contributed by atoms with van der Waals surface area (Å²) >= 11 is 0. The quantitative estimate of drug-likeness (QED) is 0.836. The molecule has 1 aromatic heterocycles. The number of nitrogens with zero attached hydrogens (tertiary/aromatic N) is 2. The van der Waals surface area contributed by atoms with E-state index >= 15 is 0 Å². The molecule has 0 unspecified atom stereocenters. The van der Waals surface area contributed by atoms with Gasteiger partial charge in [0.1, 0.15) is 10.6 Å². The SMILES string of the molecule is COc1ccc(CCn2nc(C)c(S(=O)(=O)C3CCNCC3)c2C)cc1. The van der Waals surface area contributed by atoms with Crippen molar-refractivity contribution in [2.24, 2.45) is 0 Å². The highest BCUT2D eigenvalue weighted by Crippen LogP contribution is 2.28. The van der Waals surface area contributed by atoms with Gasteiger partial charge in [-0.15, -0.1) is 0 Å². The van der Waals surface area contributed by atoms with Crippen LogP contribution in [0.15, 0.2) is 29.2 Å². The van der Waals surface area contributed by atoms with Crippen LogP contribution in [0.1, 0.15) is 29.8 Å². The van der Waals surface area contributed by atoms with Gasteiger partial charge in [0.2, 0.25) is 0 Å². The Morgan fingerprint density at radius 2 is 1.85 bits per heavy atom. The van der Waals surface area contributed by atoms with Crippen LogP contribution in [0.2, 0.25) is 0 Å². The van der Waals surface area contributed by atoms with Gasteiger partial charge in [-0.05, 0) is 63.9 Å². The molecule has 0 saturated carbocycles. The van der Waals surface area contributed by atoms with E-state index in [0.29, 0.717) is 30.0 Å². The molecule has 0 amide bonds. The predicted molar refractivity (Wildman–Crippen MR) is 101 cm³/mol. The third-order valence-corrected chi connectivity index (χ3v) is 7.60. The fourth-order valence-corrected chi connectivity index (χ4v) is 5.77. The lowest BCUT2D eigenvalue weighted by atomic mass is 10.1. The van der Waals surface area contributed by atoms with Gasteiger partial charge < -0.3 is 10.1 Å². The third-order valence-electron chi connectivity index (χ3n) is 5.10. The Kier molecular flexibility index (Phi) is 5.67. The van der Waals surface area contributed by atoms with E-state index in [1.165, 1.54) is 5.56 Å². The molecular weight excluding hydrogens is 350 g/mol. The Morgan fingerprint density at radius 1 is 1.19 bits per heavy atom. The molecule has 2 aromatic rings. The van der Waals surface area contributed by atoms with Crippen molar-refractivity contribution in [3.63, 3.8) is 0 Å². The highest BCUT2D eigenvalue weighted by molar-refractivity contribution is 7.92.